The van der Waals surface area contributed by atoms with E-state index in [1.54, 1.807) is 0 Å². The minimum absolute atomic E-state index is 0.655. The number of unbranched alkanes of at least 4 members (excludes halogenated alkanes) is 1. The Morgan fingerprint density at radius 2 is 1.26 bits per heavy atom. The minimum Gasteiger partial charge on any atom is -0.293 e. The van der Waals surface area contributed by atoms with Gasteiger partial charge in [0.1, 0.15) is 0 Å². The Labute approximate surface area is 122 Å². The third-order valence-corrected chi connectivity index (χ3v) is 5.66. The van der Waals surface area contributed by atoms with E-state index in [0.29, 0.717) is 25.7 Å². The molecule has 0 N–H and O–H groups in total. The molecule has 1 unspecified atom stereocenters. The van der Waals surface area contributed by atoms with Gasteiger partial charge in [0.15, 0.2) is 0 Å². The molecule has 4 heteroatoms. The third kappa shape index (κ3) is 8.18. The van der Waals surface area contributed by atoms with Crippen LogP contribution in [0.4, 0.5) is 0 Å². The fourth-order valence-corrected chi connectivity index (χ4v) is 4.77. The van der Waals surface area contributed by atoms with Crippen molar-refractivity contribution in [2.24, 2.45) is 5.92 Å². The predicted octanol–water partition coefficient (Wildman–Crippen LogP) is 5.25. The molecule has 0 fully saturated rings. The first kappa shape index (κ1) is 19.2. The molecule has 0 rings (SSSR count). The lowest BCUT2D eigenvalue weighted by atomic mass is 9.99. The maximum Gasteiger partial charge on any atom is 0.0890 e. The van der Waals surface area contributed by atoms with Crippen LogP contribution in [0.1, 0.15) is 66.7 Å². The maximum absolute atomic E-state index is 5.91. The van der Waals surface area contributed by atoms with Gasteiger partial charge >= 0.3 is 0 Å². The van der Waals surface area contributed by atoms with Gasteiger partial charge in [0.05, 0.1) is 30.7 Å². The predicted molar refractivity (Wildman–Crippen MR) is 85.3 cm³/mol. The smallest absolute Gasteiger partial charge is 0.0890 e. The van der Waals surface area contributed by atoms with Crippen LogP contribution >= 0.6 is 10.9 Å². The average molecular weight is 295 g/mol. The molecule has 0 aliphatic carbocycles. The van der Waals surface area contributed by atoms with Gasteiger partial charge in [-0.2, -0.15) is 0 Å². The monoisotopic (exact) mass is 294 g/mol. The van der Waals surface area contributed by atoms with Crippen LogP contribution in [0.15, 0.2) is 0 Å². The molecular weight excluding hydrogens is 260 g/mol. The normalized spacial score (nSPS) is 14.6. The van der Waals surface area contributed by atoms with Gasteiger partial charge in [0.25, 0.3) is 0 Å². The van der Waals surface area contributed by atoms with E-state index >= 15 is 0 Å². The third-order valence-electron chi connectivity index (χ3n) is 2.99. The molecule has 0 heterocycles. The zero-order valence-electron chi connectivity index (χ0n) is 13.6. The largest absolute Gasteiger partial charge is 0.293 e. The van der Waals surface area contributed by atoms with E-state index in [1.165, 1.54) is 32.1 Å². The molecule has 0 aliphatic heterocycles. The molecule has 19 heavy (non-hydrogen) atoms. The van der Waals surface area contributed by atoms with Gasteiger partial charge in [-0.3, -0.25) is 12.5 Å². The van der Waals surface area contributed by atoms with Crippen molar-refractivity contribution in [2.45, 2.75) is 66.7 Å². The fraction of sp³-hybridized carbons (Fsp3) is 1.00. The summed E-state index contributed by atoms with van der Waals surface area (Å²) in [6.07, 6.45) is 6.24. The zero-order chi connectivity index (χ0) is 14.6. The van der Waals surface area contributed by atoms with Crippen molar-refractivity contribution >= 4 is 10.9 Å². The van der Waals surface area contributed by atoms with E-state index in [2.05, 4.69) is 13.8 Å². The van der Waals surface area contributed by atoms with E-state index < -0.39 is 10.9 Å². The van der Waals surface area contributed by atoms with Gasteiger partial charge in [0, 0.05) is 5.75 Å². The average Bonchev–Trinajstić information content (AvgIpc) is 2.37. The van der Waals surface area contributed by atoms with Gasteiger partial charge < -0.3 is 0 Å². The summed E-state index contributed by atoms with van der Waals surface area (Å²) in [6, 6.07) is 0. The lowest BCUT2D eigenvalue weighted by Gasteiger charge is -2.39. The number of hydrogen-bond acceptors (Lipinski definition) is 3. The Kier molecular flexibility index (Phi) is 12.2. The standard InChI is InChI=1S/C15H34O3S/c1-6-11-13-15(12-7-2)14-19(16-8-3,17-9-4)18-10-5/h15H,6-14H2,1-5H3. The highest BCUT2D eigenvalue weighted by Gasteiger charge is 2.29. The van der Waals surface area contributed by atoms with Crippen molar-refractivity contribution in [3.63, 3.8) is 0 Å². The van der Waals surface area contributed by atoms with Crippen molar-refractivity contribution in [3.8, 4) is 0 Å². The molecule has 0 saturated carbocycles. The summed E-state index contributed by atoms with van der Waals surface area (Å²) >= 11 is 0. The van der Waals surface area contributed by atoms with Crippen LogP contribution in [-0.4, -0.2) is 25.6 Å². The molecular formula is C15H34O3S. The Hall–Kier alpha value is 0.230. The zero-order valence-corrected chi connectivity index (χ0v) is 14.4. The summed E-state index contributed by atoms with van der Waals surface area (Å²) in [5.41, 5.74) is 0. The lowest BCUT2D eigenvalue weighted by molar-refractivity contribution is 0.180. The summed E-state index contributed by atoms with van der Waals surface area (Å²) in [4.78, 5) is 0. The first-order valence-electron chi connectivity index (χ1n) is 7.91. The van der Waals surface area contributed by atoms with Crippen LogP contribution in [0.3, 0.4) is 0 Å². The molecule has 118 valence electrons. The van der Waals surface area contributed by atoms with Crippen LogP contribution in [0.2, 0.25) is 0 Å². The number of rotatable bonds is 13. The van der Waals surface area contributed by atoms with Gasteiger partial charge in [-0.1, -0.05) is 33.1 Å². The van der Waals surface area contributed by atoms with E-state index in [9.17, 15) is 0 Å². The molecule has 0 saturated heterocycles. The summed E-state index contributed by atoms with van der Waals surface area (Å²) in [6.45, 7) is 12.5. The van der Waals surface area contributed by atoms with Crippen molar-refractivity contribution in [1.82, 2.24) is 0 Å². The number of hydrogen-bond donors (Lipinski definition) is 0. The van der Waals surface area contributed by atoms with Crippen LogP contribution in [-0.2, 0) is 12.5 Å². The molecule has 0 aromatic rings. The molecule has 1 atom stereocenters. The van der Waals surface area contributed by atoms with Crippen molar-refractivity contribution in [2.75, 3.05) is 25.6 Å². The molecule has 0 bridgehead atoms. The molecule has 0 aromatic carbocycles. The Morgan fingerprint density at radius 3 is 1.63 bits per heavy atom. The Bertz CT molecular complexity index is 183. The van der Waals surface area contributed by atoms with E-state index in [-0.39, 0.29) is 0 Å². The van der Waals surface area contributed by atoms with Crippen LogP contribution in [0.5, 0.6) is 0 Å². The summed E-state index contributed by atoms with van der Waals surface area (Å²) in [7, 11) is -1.80. The van der Waals surface area contributed by atoms with Crippen molar-refractivity contribution < 1.29 is 12.5 Å². The summed E-state index contributed by atoms with van der Waals surface area (Å²) in [5.74, 6) is 1.58. The molecule has 3 nitrogen and oxygen atoms in total. The van der Waals surface area contributed by atoms with Gasteiger partial charge in [-0.25, -0.2) is 0 Å². The molecule has 0 radical (unpaired) electrons. The second-order valence-corrected chi connectivity index (χ2v) is 6.90. The van der Waals surface area contributed by atoms with Crippen molar-refractivity contribution in [3.05, 3.63) is 0 Å². The SMILES string of the molecule is CCCCC(CCC)CS(OCC)(OCC)OCC. The van der Waals surface area contributed by atoms with Crippen molar-refractivity contribution in [1.29, 1.82) is 0 Å². The van der Waals surface area contributed by atoms with Crippen LogP contribution in [0, 0.1) is 5.92 Å². The molecule has 0 amide bonds. The molecule has 0 aliphatic rings. The van der Waals surface area contributed by atoms with E-state index in [0.717, 1.165) is 5.75 Å². The Morgan fingerprint density at radius 1 is 0.737 bits per heavy atom. The van der Waals surface area contributed by atoms with Crippen LogP contribution < -0.4 is 0 Å². The summed E-state index contributed by atoms with van der Waals surface area (Å²) < 4.78 is 17.7. The van der Waals surface area contributed by atoms with E-state index in [4.69, 9.17) is 12.5 Å². The lowest BCUT2D eigenvalue weighted by Crippen LogP contribution is -2.22. The minimum atomic E-state index is -1.80. The first-order valence-corrected chi connectivity index (χ1v) is 9.49. The highest BCUT2D eigenvalue weighted by molar-refractivity contribution is 8.21. The quantitative estimate of drug-likeness (QED) is 0.464. The highest BCUT2D eigenvalue weighted by atomic mass is 32.3. The first-order chi connectivity index (χ1) is 9.17. The van der Waals surface area contributed by atoms with Gasteiger partial charge in [-0.15, -0.1) is 0 Å². The fourth-order valence-electron chi connectivity index (χ4n) is 2.29. The second kappa shape index (κ2) is 12.0. The van der Waals surface area contributed by atoms with E-state index in [1.807, 2.05) is 20.8 Å². The van der Waals surface area contributed by atoms with Gasteiger partial charge in [-0.05, 0) is 39.5 Å². The molecule has 0 aromatic heterocycles. The second-order valence-electron chi connectivity index (χ2n) is 4.74. The summed E-state index contributed by atoms with van der Waals surface area (Å²) in [5, 5.41) is 0. The highest BCUT2D eigenvalue weighted by Crippen LogP contribution is 2.53. The van der Waals surface area contributed by atoms with Gasteiger partial charge in [0.2, 0.25) is 0 Å². The molecule has 0 spiro atoms. The van der Waals surface area contributed by atoms with Crippen LogP contribution in [0.25, 0.3) is 0 Å². The topological polar surface area (TPSA) is 27.7 Å². The maximum atomic E-state index is 5.91. The Balaban J connectivity index is 4.68.